The molecule has 6 atom stereocenters. The van der Waals surface area contributed by atoms with Crippen molar-refractivity contribution in [3.63, 3.8) is 0 Å². The summed E-state index contributed by atoms with van der Waals surface area (Å²) in [7, 11) is 0. The van der Waals surface area contributed by atoms with E-state index in [0.717, 1.165) is 61.7 Å². The van der Waals surface area contributed by atoms with Crippen LogP contribution in [-0.2, 0) is 23.9 Å². The minimum atomic E-state index is -0.655. The van der Waals surface area contributed by atoms with Gasteiger partial charge in [0.1, 0.15) is 11.6 Å². The van der Waals surface area contributed by atoms with Gasteiger partial charge in [0.15, 0.2) is 5.76 Å². The number of benzene rings is 1. The number of aliphatic hydroxyl groups is 1. The maximum absolute atomic E-state index is 13.8. The number of hydrogen-bond donors (Lipinski definition) is 1. The van der Waals surface area contributed by atoms with Crippen molar-refractivity contribution in [3.8, 4) is 6.07 Å². The normalized spacial score (nSPS) is 34.8. The Morgan fingerprint density at radius 1 is 0.940 bits per heavy atom. The fraction of sp³-hybridized carbons (Fsp3) is 0.535. The third kappa shape index (κ3) is 5.69. The molecule has 0 bridgehead atoms. The monoisotopic (exact) mass is 677 g/mol. The average Bonchev–Trinajstić information content (AvgIpc) is 3.10. The molecule has 50 heavy (non-hydrogen) atoms. The van der Waals surface area contributed by atoms with E-state index in [-0.39, 0.29) is 58.0 Å². The molecule has 3 saturated carbocycles. The fourth-order valence-electron chi connectivity index (χ4n) is 10.3. The zero-order chi connectivity index (χ0) is 36.1. The minimum absolute atomic E-state index is 0.0496. The molecule has 1 N–H and O–H groups in total. The van der Waals surface area contributed by atoms with Crippen LogP contribution in [-0.4, -0.2) is 36.0 Å². The van der Waals surface area contributed by atoms with E-state index >= 15 is 0 Å². The molecule has 264 valence electrons. The predicted molar refractivity (Wildman–Crippen MR) is 192 cm³/mol. The zero-order valence-corrected chi connectivity index (χ0v) is 30.5. The number of rotatable bonds is 8. The van der Waals surface area contributed by atoms with Crippen molar-refractivity contribution in [2.24, 2.45) is 33.0 Å². The lowest BCUT2D eigenvalue weighted by atomic mass is 9.34. The molecule has 0 radical (unpaired) electrons. The third-order valence-corrected chi connectivity index (χ3v) is 13.8. The zero-order valence-electron chi connectivity index (χ0n) is 30.5. The highest BCUT2D eigenvalue weighted by Gasteiger charge is 2.67. The second kappa shape index (κ2) is 12.9. The van der Waals surface area contributed by atoms with Crippen LogP contribution >= 0.6 is 0 Å². The molecule has 0 aromatic heterocycles. The Hall–Kier alpha value is -4.18. The highest BCUT2D eigenvalue weighted by atomic mass is 16.5. The molecule has 0 heterocycles. The topological polar surface area (TPSA) is 114 Å². The smallest absolute Gasteiger partial charge is 0.348 e. The molecule has 1 aromatic rings. The molecular formula is C43H51NO6. The lowest BCUT2D eigenvalue weighted by Crippen LogP contribution is -2.62. The van der Waals surface area contributed by atoms with E-state index in [1.807, 2.05) is 43.3 Å². The van der Waals surface area contributed by atoms with Gasteiger partial charge in [-0.3, -0.25) is 9.59 Å². The van der Waals surface area contributed by atoms with Crippen LogP contribution in [0.1, 0.15) is 105 Å². The number of ether oxygens (including phenoxy) is 2. The van der Waals surface area contributed by atoms with Gasteiger partial charge in [-0.15, -0.1) is 0 Å². The van der Waals surface area contributed by atoms with Crippen LogP contribution in [0, 0.1) is 44.3 Å². The molecule has 5 aliphatic rings. The Balaban J connectivity index is 1.10. The molecule has 7 nitrogen and oxygen atoms in total. The average molecular weight is 678 g/mol. The summed E-state index contributed by atoms with van der Waals surface area (Å²) in [6.07, 6.45) is 15.3. The fourth-order valence-corrected chi connectivity index (χ4v) is 10.3. The van der Waals surface area contributed by atoms with Crippen LogP contribution in [0.15, 0.2) is 82.2 Å². The van der Waals surface area contributed by atoms with Crippen LogP contribution < -0.4 is 0 Å². The summed E-state index contributed by atoms with van der Waals surface area (Å²) in [4.78, 5) is 39.0. The summed E-state index contributed by atoms with van der Waals surface area (Å²) in [5.41, 5.74) is 3.83. The number of fused-ring (bicyclic) bond motifs is 7. The number of allylic oxidation sites excluding steroid dienone is 7. The van der Waals surface area contributed by atoms with Gasteiger partial charge in [-0.05, 0) is 123 Å². The van der Waals surface area contributed by atoms with Gasteiger partial charge in [-0.2, -0.15) is 5.26 Å². The number of carbonyl (C=O) groups is 3. The first-order valence-electron chi connectivity index (χ1n) is 18.2. The number of unbranched alkanes of at least 4 members (excludes halogenated alkanes) is 1. The van der Waals surface area contributed by atoms with E-state index in [2.05, 4.69) is 46.8 Å². The summed E-state index contributed by atoms with van der Waals surface area (Å²) < 4.78 is 11.2. The van der Waals surface area contributed by atoms with Gasteiger partial charge >= 0.3 is 11.9 Å². The third-order valence-electron chi connectivity index (χ3n) is 13.8. The highest BCUT2D eigenvalue weighted by molar-refractivity contribution is 6.06. The quantitative estimate of drug-likeness (QED) is 0.126. The van der Waals surface area contributed by atoms with Gasteiger partial charge in [0, 0.05) is 11.0 Å². The molecular weight excluding hydrogens is 626 g/mol. The van der Waals surface area contributed by atoms with E-state index in [1.165, 1.54) is 11.6 Å². The number of ketones is 1. The van der Waals surface area contributed by atoms with Crippen molar-refractivity contribution in [1.29, 1.82) is 5.26 Å². The minimum Gasteiger partial charge on any atom is -0.504 e. The van der Waals surface area contributed by atoms with E-state index < -0.39 is 11.4 Å². The number of esters is 2. The molecule has 0 spiro atoms. The predicted octanol–water partition coefficient (Wildman–Crippen LogP) is 9.09. The molecule has 5 aliphatic carbocycles. The van der Waals surface area contributed by atoms with Crippen LogP contribution in [0.5, 0.6) is 0 Å². The lowest BCUT2D eigenvalue weighted by molar-refractivity contribution is -0.182. The molecule has 1 aromatic carbocycles. The van der Waals surface area contributed by atoms with Crippen molar-refractivity contribution >= 4 is 23.8 Å². The molecule has 0 aliphatic heterocycles. The van der Waals surface area contributed by atoms with E-state index in [1.54, 1.807) is 6.08 Å². The number of carbonyl (C=O) groups excluding carboxylic acids is 3. The van der Waals surface area contributed by atoms with Gasteiger partial charge < -0.3 is 14.6 Å². The van der Waals surface area contributed by atoms with Gasteiger partial charge in [-0.25, -0.2) is 4.79 Å². The van der Waals surface area contributed by atoms with Gasteiger partial charge in [0.2, 0.25) is 5.78 Å². The van der Waals surface area contributed by atoms with Gasteiger partial charge in [0.25, 0.3) is 0 Å². The Morgan fingerprint density at radius 2 is 1.62 bits per heavy atom. The molecule has 6 rings (SSSR count). The largest absolute Gasteiger partial charge is 0.504 e. The first kappa shape index (κ1) is 35.6. The van der Waals surface area contributed by atoms with Crippen LogP contribution in [0.2, 0.25) is 0 Å². The first-order chi connectivity index (χ1) is 23.6. The maximum atomic E-state index is 13.8. The van der Waals surface area contributed by atoms with Crippen molar-refractivity contribution in [3.05, 3.63) is 87.7 Å². The molecule has 0 amide bonds. The van der Waals surface area contributed by atoms with E-state index in [4.69, 9.17) is 9.47 Å². The van der Waals surface area contributed by atoms with Crippen LogP contribution in [0.25, 0.3) is 6.08 Å². The van der Waals surface area contributed by atoms with Crippen molar-refractivity contribution in [2.45, 2.75) is 99.3 Å². The molecule has 0 saturated heterocycles. The second-order valence-corrected chi connectivity index (χ2v) is 16.7. The summed E-state index contributed by atoms with van der Waals surface area (Å²) in [5, 5.41) is 19.8. The van der Waals surface area contributed by atoms with E-state index in [0.29, 0.717) is 24.3 Å². The highest BCUT2D eigenvalue weighted by Crippen LogP contribution is 2.75. The summed E-state index contributed by atoms with van der Waals surface area (Å²) in [6.45, 7) is 13.9. The van der Waals surface area contributed by atoms with Crippen molar-refractivity contribution in [2.75, 3.05) is 13.2 Å². The summed E-state index contributed by atoms with van der Waals surface area (Å²) in [6, 6.07) is 11.1. The maximum Gasteiger partial charge on any atom is 0.348 e. The van der Waals surface area contributed by atoms with Crippen LogP contribution in [0.3, 0.4) is 0 Å². The number of aliphatic hydroxyl groups excluding tert-OH is 1. The van der Waals surface area contributed by atoms with E-state index in [9.17, 15) is 24.8 Å². The Morgan fingerprint density at radius 3 is 2.32 bits per heavy atom. The Bertz CT molecular complexity index is 1810. The standard InChI is InChI=1S/C43H51NO6/c1-28-31-14-15-34-41(4,32(31)25-33(45)36(28)46)19-21-43(6)35-26-40(3,17-16-39(35,2)18-20-42(34,43)5)38(48)50-23-11-10-22-49-37(47)30(27-44)24-29-12-8-7-9-13-29/h7-9,12-15,24-25,35,46H,10-11,16-23,26H2,1-6H3/b30-24+/t35-,39-,40-,41+,42-,43+/m1/s1. The Kier molecular flexibility index (Phi) is 9.16. The Labute approximate surface area is 296 Å². The molecule has 0 unspecified atom stereocenters. The molecule has 3 fully saturated rings. The second-order valence-electron chi connectivity index (χ2n) is 16.7. The van der Waals surface area contributed by atoms with Gasteiger partial charge in [0.05, 0.1) is 18.6 Å². The van der Waals surface area contributed by atoms with Crippen molar-refractivity contribution < 1.29 is 29.0 Å². The number of nitriles is 1. The van der Waals surface area contributed by atoms with Crippen LogP contribution in [0.4, 0.5) is 0 Å². The number of nitrogens with zero attached hydrogens (tertiary/aromatic N) is 1. The first-order valence-corrected chi connectivity index (χ1v) is 18.2. The SMILES string of the molecule is CC1=C(O)C(=O)C=C2C1=CC=C1[C@@]2(C)CC[C@@]2(C)[C@@H]3C[C@](C)(C(=O)OCCCCOC(=O)/C(C#N)=C/c4ccccc4)CC[C@]3(C)CC[C@]12C. The van der Waals surface area contributed by atoms with Gasteiger partial charge in [-0.1, -0.05) is 75.8 Å². The lowest BCUT2D eigenvalue weighted by Gasteiger charge is -2.70. The molecule has 7 heteroatoms. The number of hydrogen-bond acceptors (Lipinski definition) is 7. The van der Waals surface area contributed by atoms with Crippen molar-refractivity contribution in [1.82, 2.24) is 0 Å². The summed E-state index contributed by atoms with van der Waals surface area (Å²) in [5.74, 6) is -0.945. The summed E-state index contributed by atoms with van der Waals surface area (Å²) >= 11 is 0.